The number of amides is 1. The Morgan fingerprint density at radius 1 is 1.18 bits per heavy atom. The van der Waals surface area contributed by atoms with Crippen LogP contribution in [0.1, 0.15) is 17.5 Å². The number of hydrogen-bond acceptors (Lipinski definition) is 4. The van der Waals surface area contributed by atoms with Gasteiger partial charge in [0.2, 0.25) is 5.91 Å². The molecule has 0 spiro atoms. The van der Waals surface area contributed by atoms with Gasteiger partial charge in [0.05, 0.1) is 18.6 Å². The summed E-state index contributed by atoms with van der Waals surface area (Å²) in [4.78, 5) is 14.5. The van der Waals surface area contributed by atoms with Crippen molar-refractivity contribution >= 4 is 33.4 Å². The average molecular weight is 420 g/mol. The van der Waals surface area contributed by atoms with Crippen molar-refractivity contribution in [3.8, 4) is 5.75 Å². The molecule has 1 aliphatic rings. The predicted octanol–water partition coefficient (Wildman–Crippen LogP) is 3.58. The molecule has 0 N–H and O–H groups in total. The zero-order valence-electron chi connectivity index (χ0n) is 15.5. The zero-order chi connectivity index (χ0) is 20.1. The molecule has 0 aliphatic carbocycles. The van der Waals surface area contributed by atoms with Crippen molar-refractivity contribution in [2.75, 3.05) is 18.6 Å². The largest absolute Gasteiger partial charge is 0.497 e. The summed E-state index contributed by atoms with van der Waals surface area (Å²) < 4.78 is 29.0. The average Bonchev–Trinajstić information content (AvgIpc) is 3.05. The highest BCUT2D eigenvalue weighted by molar-refractivity contribution is 7.91. The minimum Gasteiger partial charge on any atom is -0.497 e. The van der Waals surface area contributed by atoms with E-state index in [1.54, 1.807) is 30.2 Å². The Bertz CT molecular complexity index is 953. The molecule has 0 saturated carbocycles. The number of benzene rings is 2. The smallest absolute Gasteiger partial charge is 0.247 e. The molecule has 7 heteroatoms. The zero-order valence-corrected chi connectivity index (χ0v) is 17.1. The van der Waals surface area contributed by atoms with E-state index in [1.807, 2.05) is 36.4 Å². The summed E-state index contributed by atoms with van der Waals surface area (Å²) in [5.74, 6) is 0.643. The summed E-state index contributed by atoms with van der Waals surface area (Å²) in [7, 11) is -1.50. The Kier molecular flexibility index (Phi) is 6.42. The molecule has 3 rings (SSSR count). The molecule has 148 valence electrons. The number of nitrogens with zero attached hydrogens (tertiary/aromatic N) is 1. The topological polar surface area (TPSA) is 63.7 Å². The maximum atomic E-state index is 12.9. The number of carbonyl (C=O) groups is 1. The van der Waals surface area contributed by atoms with E-state index < -0.39 is 9.84 Å². The standard InChI is InChI=1S/C21H22ClNO4S/c1-27-20-9-4-16(5-10-20)6-11-21(24)23(19-12-13-28(25,26)15-19)14-17-2-7-18(22)8-3-17/h2-11,19H,12-15H2,1H3/b11-6+/t19-/m0/s1. The molecule has 1 fully saturated rings. The Balaban J connectivity index is 1.79. The Hall–Kier alpha value is -2.31. The third-order valence-corrected chi connectivity index (χ3v) is 6.73. The van der Waals surface area contributed by atoms with Crippen molar-refractivity contribution < 1.29 is 17.9 Å². The third-order valence-electron chi connectivity index (χ3n) is 4.73. The number of sulfone groups is 1. The second-order valence-corrected chi connectivity index (χ2v) is 9.42. The van der Waals surface area contributed by atoms with Gasteiger partial charge in [0.1, 0.15) is 5.75 Å². The molecule has 1 heterocycles. The fourth-order valence-corrected chi connectivity index (χ4v) is 5.03. The molecule has 1 amide bonds. The van der Waals surface area contributed by atoms with Crippen molar-refractivity contribution in [3.63, 3.8) is 0 Å². The van der Waals surface area contributed by atoms with Gasteiger partial charge in [-0.25, -0.2) is 8.42 Å². The van der Waals surface area contributed by atoms with Crippen LogP contribution in [0.25, 0.3) is 6.08 Å². The highest BCUT2D eigenvalue weighted by Crippen LogP contribution is 2.22. The van der Waals surface area contributed by atoms with Gasteiger partial charge >= 0.3 is 0 Å². The molecule has 1 atom stereocenters. The van der Waals surface area contributed by atoms with Crippen molar-refractivity contribution in [3.05, 3.63) is 70.8 Å². The van der Waals surface area contributed by atoms with E-state index in [-0.39, 0.29) is 23.5 Å². The highest BCUT2D eigenvalue weighted by Gasteiger charge is 2.34. The molecule has 0 aromatic heterocycles. The van der Waals surface area contributed by atoms with Gasteiger partial charge in [0.15, 0.2) is 9.84 Å². The number of rotatable bonds is 6. The van der Waals surface area contributed by atoms with Crippen LogP contribution in [-0.4, -0.2) is 43.9 Å². The first-order valence-electron chi connectivity index (χ1n) is 8.94. The molecule has 2 aromatic rings. The molecular weight excluding hydrogens is 398 g/mol. The van der Waals surface area contributed by atoms with Gasteiger partial charge in [-0.1, -0.05) is 35.9 Å². The molecule has 1 saturated heterocycles. The van der Waals surface area contributed by atoms with Crippen molar-refractivity contribution in [2.45, 2.75) is 19.0 Å². The number of halogens is 1. The van der Waals surface area contributed by atoms with Crippen LogP contribution >= 0.6 is 11.6 Å². The maximum absolute atomic E-state index is 12.9. The second kappa shape index (κ2) is 8.80. The third kappa shape index (κ3) is 5.36. The molecule has 0 unspecified atom stereocenters. The van der Waals surface area contributed by atoms with E-state index in [1.165, 1.54) is 6.08 Å². The quantitative estimate of drug-likeness (QED) is 0.671. The molecule has 5 nitrogen and oxygen atoms in total. The summed E-state index contributed by atoms with van der Waals surface area (Å²) in [6.45, 7) is 0.336. The lowest BCUT2D eigenvalue weighted by molar-refractivity contribution is -0.128. The maximum Gasteiger partial charge on any atom is 0.247 e. The molecule has 28 heavy (non-hydrogen) atoms. The van der Waals surface area contributed by atoms with Crippen LogP contribution in [0.4, 0.5) is 0 Å². The minimum atomic E-state index is -3.10. The van der Waals surface area contributed by atoms with Crippen molar-refractivity contribution in [2.24, 2.45) is 0 Å². The summed E-state index contributed by atoms with van der Waals surface area (Å²) in [6.07, 6.45) is 3.67. The molecule has 1 aliphatic heterocycles. The van der Waals surface area contributed by atoms with Crippen molar-refractivity contribution in [1.82, 2.24) is 4.90 Å². The molecular formula is C21H22ClNO4S. The van der Waals surface area contributed by atoms with Crippen LogP contribution in [-0.2, 0) is 21.2 Å². The van der Waals surface area contributed by atoms with Crippen LogP contribution < -0.4 is 4.74 Å². The first-order valence-corrected chi connectivity index (χ1v) is 11.1. The SMILES string of the molecule is COc1ccc(/C=C/C(=O)N(Cc2ccc(Cl)cc2)[C@H]2CCS(=O)(=O)C2)cc1. The first-order chi connectivity index (χ1) is 13.4. The number of ether oxygens (including phenoxy) is 1. The lowest BCUT2D eigenvalue weighted by Gasteiger charge is -2.27. The lowest BCUT2D eigenvalue weighted by atomic mass is 10.1. The minimum absolute atomic E-state index is 0.00268. The molecule has 2 aromatic carbocycles. The van der Waals surface area contributed by atoms with E-state index in [0.717, 1.165) is 16.9 Å². The lowest BCUT2D eigenvalue weighted by Crippen LogP contribution is -2.39. The van der Waals surface area contributed by atoms with E-state index in [2.05, 4.69) is 0 Å². The Morgan fingerprint density at radius 2 is 1.86 bits per heavy atom. The fourth-order valence-electron chi connectivity index (χ4n) is 3.17. The number of methoxy groups -OCH3 is 1. The summed E-state index contributed by atoms with van der Waals surface area (Å²) >= 11 is 5.93. The monoisotopic (exact) mass is 419 g/mol. The normalized spacial score (nSPS) is 18.3. The van der Waals surface area contributed by atoms with E-state index >= 15 is 0 Å². The number of hydrogen-bond donors (Lipinski definition) is 0. The predicted molar refractivity (Wildman–Crippen MR) is 111 cm³/mol. The molecule has 0 bridgehead atoms. The summed E-state index contributed by atoms with van der Waals surface area (Å²) in [5, 5.41) is 0.615. The Morgan fingerprint density at radius 3 is 2.43 bits per heavy atom. The van der Waals surface area contributed by atoms with Crippen LogP contribution in [0.5, 0.6) is 5.75 Å². The van der Waals surface area contributed by atoms with Gasteiger partial charge in [-0.15, -0.1) is 0 Å². The fraction of sp³-hybridized carbons (Fsp3) is 0.286. The second-order valence-electron chi connectivity index (χ2n) is 6.76. The summed E-state index contributed by atoms with van der Waals surface area (Å²) in [5.41, 5.74) is 1.76. The number of carbonyl (C=O) groups excluding carboxylic acids is 1. The summed E-state index contributed by atoms with van der Waals surface area (Å²) in [6, 6.07) is 14.2. The van der Waals surface area contributed by atoms with Gasteiger partial charge in [0, 0.05) is 23.7 Å². The van der Waals surface area contributed by atoms with Crippen LogP contribution in [0, 0.1) is 0 Å². The highest BCUT2D eigenvalue weighted by atomic mass is 35.5. The van der Waals surface area contributed by atoms with Gasteiger partial charge in [-0.2, -0.15) is 0 Å². The van der Waals surface area contributed by atoms with Gasteiger partial charge in [-0.3, -0.25) is 4.79 Å². The van der Waals surface area contributed by atoms with Crippen LogP contribution in [0.2, 0.25) is 5.02 Å². The van der Waals surface area contributed by atoms with Crippen molar-refractivity contribution in [1.29, 1.82) is 0 Å². The van der Waals surface area contributed by atoms with Gasteiger partial charge < -0.3 is 9.64 Å². The van der Waals surface area contributed by atoms with Gasteiger partial charge in [-0.05, 0) is 47.9 Å². The molecule has 0 radical (unpaired) electrons. The van der Waals surface area contributed by atoms with E-state index in [9.17, 15) is 13.2 Å². The van der Waals surface area contributed by atoms with Crippen LogP contribution in [0.15, 0.2) is 54.6 Å². The van der Waals surface area contributed by atoms with Gasteiger partial charge in [0.25, 0.3) is 0 Å². The first kappa shape index (κ1) is 20.4. The van der Waals surface area contributed by atoms with E-state index in [4.69, 9.17) is 16.3 Å². The van der Waals surface area contributed by atoms with Crippen LogP contribution in [0.3, 0.4) is 0 Å². The Labute approximate surface area is 170 Å². The van der Waals surface area contributed by atoms with E-state index in [0.29, 0.717) is 18.0 Å².